The van der Waals surface area contributed by atoms with E-state index in [0.717, 1.165) is 16.9 Å². The third kappa shape index (κ3) is 2.69. The summed E-state index contributed by atoms with van der Waals surface area (Å²) in [6.07, 6.45) is 4.94. The van der Waals surface area contributed by atoms with Crippen molar-refractivity contribution >= 4 is 45.8 Å². The first kappa shape index (κ1) is 17.6. The second-order valence-corrected chi connectivity index (χ2v) is 8.59. The lowest BCUT2D eigenvalue weighted by Crippen LogP contribution is -2.39. The molecular weight excluding hydrogens is 398 g/mol. The number of benzene rings is 1. The van der Waals surface area contributed by atoms with Crippen LogP contribution in [-0.2, 0) is 14.4 Å². The Labute approximate surface area is 170 Å². The fourth-order valence-corrected chi connectivity index (χ4v) is 5.51. The maximum absolute atomic E-state index is 12.7. The molecule has 2 aliphatic carbocycles. The Kier molecular flexibility index (Phi) is 4.10. The third-order valence-electron chi connectivity index (χ3n) is 5.76. The summed E-state index contributed by atoms with van der Waals surface area (Å²) in [6, 6.07) is 7.33. The number of thiazole rings is 1. The van der Waals surface area contributed by atoms with Gasteiger partial charge >= 0.3 is 0 Å². The van der Waals surface area contributed by atoms with Crippen molar-refractivity contribution in [2.75, 3.05) is 11.9 Å². The molecule has 0 unspecified atom stereocenters. The number of aromatic nitrogens is 1. The summed E-state index contributed by atoms with van der Waals surface area (Å²) in [6.45, 7) is -0.273. The van der Waals surface area contributed by atoms with Crippen molar-refractivity contribution in [2.24, 2.45) is 23.7 Å². The van der Waals surface area contributed by atoms with Crippen LogP contribution in [0.25, 0.3) is 11.3 Å². The molecule has 1 aromatic heterocycles. The monoisotopic (exact) mass is 413 g/mol. The van der Waals surface area contributed by atoms with Gasteiger partial charge in [-0.05, 0) is 24.3 Å². The Morgan fingerprint density at radius 1 is 1.18 bits per heavy atom. The highest BCUT2D eigenvalue weighted by Gasteiger charge is 2.59. The third-order valence-corrected chi connectivity index (χ3v) is 6.85. The van der Waals surface area contributed by atoms with Crippen LogP contribution in [-0.4, -0.2) is 34.2 Å². The number of hydrogen-bond acceptors (Lipinski definition) is 5. The molecule has 2 heterocycles. The number of imide groups is 1. The number of allylic oxidation sites excluding steroid dienone is 2. The maximum atomic E-state index is 12.7. The second kappa shape index (κ2) is 6.53. The first-order chi connectivity index (χ1) is 13.5. The molecule has 1 aliphatic heterocycles. The fourth-order valence-electron chi connectivity index (χ4n) is 4.55. The van der Waals surface area contributed by atoms with Gasteiger partial charge in [-0.2, -0.15) is 0 Å². The summed E-state index contributed by atoms with van der Waals surface area (Å²) in [7, 11) is 0. The van der Waals surface area contributed by atoms with E-state index in [0.29, 0.717) is 15.8 Å². The van der Waals surface area contributed by atoms with Crippen LogP contribution >= 0.6 is 22.9 Å². The smallest absolute Gasteiger partial charge is 0.246 e. The van der Waals surface area contributed by atoms with E-state index >= 15 is 0 Å². The van der Waals surface area contributed by atoms with Gasteiger partial charge < -0.3 is 5.32 Å². The number of nitrogens with one attached hydrogen (secondary N) is 1. The van der Waals surface area contributed by atoms with Gasteiger partial charge in [-0.25, -0.2) is 4.98 Å². The Morgan fingerprint density at radius 2 is 1.86 bits per heavy atom. The van der Waals surface area contributed by atoms with E-state index in [9.17, 15) is 14.4 Å². The number of hydrogen-bond donors (Lipinski definition) is 1. The molecular formula is C20H16ClN3O3S. The quantitative estimate of drug-likeness (QED) is 0.616. The Morgan fingerprint density at radius 3 is 2.54 bits per heavy atom. The predicted octanol–water partition coefficient (Wildman–Crippen LogP) is 3.21. The average molecular weight is 414 g/mol. The van der Waals surface area contributed by atoms with Crippen molar-refractivity contribution in [2.45, 2.75) is 6.42 Å². The number of likely N-dealkylation sites (tertiary alicyclic amines) is 1. The Bertz CT molecular complexity index is 1000. The number of halogens is 1. The number of anilines is 1. The van der Waals surface area contributed by atoms with Crippen LogP contribution in [0.1, 0.15) is 6.42 Å². The summed E-state index contributed by atoms with van der Waals surface area (Å²) in [4.78, 5) is 43.3. The molecule has 8 heteroatoms. The van der Waals surface area contributed by atoms with Crippen LogP contribution in [0.15, 0.2) is 41.8 Å². The number of carbonyl (C=O) groups excluding carboxylic acids is 3. The van der Waals surface area contributed by atoms with Gasteiger partial charge in [0.25, 0.3) is 0 Å². The van der Waals surface area contributed by atoms with Crippen LogP contribution in [0, 0.1) is 23.7 Å². The molecule has 28 heavy (non-hydrogen) atoms. The lowest BCUT2D eigenvalue weighted by molar-refractivity contribution is -0.143. The molecule has 6 nitrogen and oxygen atoms in total. The minimum atomic E-state index is -0.429. The van der Waals surface area contributed by atoms with E-state index in [1.807, 2.05) is 30.4 Å². The van der Waals surface area contributed by atoms with Crippen molar-refractivity contribution < 1.29 is 14.4 Å². The number of fused-ring (bicyclic) bond motifs is 5. The van der Waals surface area contributed by atoms with Crippen molar-refractivity contribution in [3.63, 3.8) is 0 Å². The van der Waals surface area contributed by atoms with E-state index in [1.165, 1.54) is 11.3 Å². The van der Waals surface area contributed by atoms with Crippen molar-refractivity contribution in [3.8, 4) is 11.3 Å². The number of carbonyl (C=O) groups is 3. The van der Waals surface area contributed by atoms with Gasteiger partial charge in [0, 0.05) is 16.0 Å². The predicted molar refractivity (Wildman–Crippen MR) is 106 cm³/mol. The average Bonchev–Trinajstić information content (AvgIpc) is 3.44. The van der Waals surface area contributed by atoms with Crippen molar-refractivity contribution in [3.05, 3.63) is 46.8 Å². The minimum absolute atomic E-state index is 0.136. The van der Waals surface area contributed by atoms with Crippen LogP contribution < -0.4 is 5.32 Å². The number of amides is 3. The molecule has 1 saturated heterocycles. The second-order valence-electron chi connectivity index (χ2n) is 7.33. The topological polar surface area (TPSA) is 79.4 Å². The van der Waals surface area contributed by atoms with E-state index in [4.69, 9.17) is 11.6 Å². The molecule has 1 N–H and O–H groups in total. The fraction of sp³-hybridized carbons (Fsp3) is 0.300. The Hall–Kier alpha value is -2.51. The zero-order valence-corrected chi connectivity index (χ0v) is 16.2. The summed E-state index contributed by atoms with van der Waals surface area (Å²) in [5.41, 5.74) is 1.44. The zero-order chi connectivity index (χ0) is 19.4. The van der Waals surface area contributed by atoms with Crippen molar-refractivity contribution in [1.82, 2.24) is 9.88 Å². The summed E-state index contributed by atoms with van der Waals surface area (Å²) < 4.78 is 0. The molecule has 3 aliphatic rings. The minimum Gasteiger partial charge on any atom is -0.300 e. The van der Waals surface area contributed by atoms with Gasteiger partial charge in [0.2, 0.25) is 17.7 Å². The SMILES string of the molecule is O=C(CN1C(=O)[C@@H]2[C@@H](C1=O)[C@H]1C=C[C@H]2C1)Nc1nc(-c2ccccc2Cl)cs1. The standard InChI is InChI=1S/C20H16ClN3O3S/c21-13-4-2-1-3-12(13)14-9-28-20(22-14)23-15(25)8-24-18(26)16-10-5-6-11(7-10)17(16)19(24)27/h1-6,9-11,16-17H,7-8H2,(H,22,23,25)/t10-,11-,16-,17-/m0/s1. The normalized spacial score (nSPS) is 27.5. The number of nitrogens with zero attached hydrogens (tertiary/aromatic N) is 2. The van der Waals surface area contributed by atoms with Gasteiger partial charge in [-0.1, -0.05) is 42.0 Å². The van der Waals surface area contributed by atoms with Crippen LogP contribution in [0.5, 0.6) is 0 Å². The van der Waals surface area contributed by atoms with Crippen LogP contribution in [0.2, 0.25) is 5.02 Å². The van der Waals surface area contributed by atoms with Gasteiger partial charge in [0.1, 0.15) is 6.54 Å². The molecule has 1 saturated carbocycles. The number of rotatable bonds is 4. The van der Waals surface area contributed by atoms with Gasteiger partial charge in [-0.15, -0.1) is 11.3 Å². The molecule has 1 aromatic carbocycles. The largest absolute Gasteiger partial charge is 0.300 e. The zero-order valence-electron chi connectivity index (χ0n) is 14.7. The molecule has 0 radical (unpaired) electrons. The van der Waals surface area contributed by atoms with E-state index < -0.39 is 5.91 Å². The molecule has 2 fully saturated rings. The lowest BCUT2D eigenvalue weighted by Gasteiger charge is -2.16. The van der Waals surface area contributed by atoms with E-state index in [2.05, 4.69) is 10.3 Å². The van der Waals surface area contributed by atoms with E-state index in [1.54, 1.807) is 11.4 Å². The van der Waals surface area contributed by atoms with Gasteiger partial charge in [0.05, 0.1) is 17.5 Å². The van der Waals surface area contributed by atoms with Crippen molar-refractivity contribution in [1.29, 1.82) is 0 Å². The lowest BCUT2D eigenvalue weighted by atomic mass is 9.85. The molecule has 2 aromatic rings. The maximum Gasteiger partial charge on any atom is 0.246 e. The van der Waals surface area contributed by atoms with Crippen LogP contribution in [0.4, 0.5) is 5.13 Å². The molecule has 2 bridgehead atoms. The first-order valence-corrected chi connectivity index (χ1v) is 10.3. The van der Waals surface area contributed by atoms with E-state index in [-0.39, 0.29) is 42.0 Å². The van der Waals surface area contributed by atoms with Gasteiger partial charge in [-0.3, -0.25) is 19.3 Å². The summed E-state index contributed by atoms with van der Waals surface area (Å²) in [5, 5.41) is 5.47. The Balaban J connectivity index is 1.27. The van der Waals surface area contributed by atoms with Crippen LogP contribution in [0.3, 0.4) is 0 Å². The highest BCUT2D eigenvalue weighted by atomic mass is 35.5. The molecule has 142 valence electrons. The highest BCUT2D eigenvalue weighted by molar-refractivity contribution is 7.14. The summed E-state index contributed by atoms with van der Waals surface area (Å²) >= 11 is 7.45. The summed E-state index contributed by atoms with van der Waals surface area (Å²) in [5.74, 6) is -1.19. The van der Waals surface area contributed by atoms with Gasteiger partial charge in [0.15, 0.2) is 5.13 Å². The first-order valence-electron chi connectivity index (χ1n) is 9.07. The molecule has 5 rings (SSSR count). The molecule has 0 spiro atoms. The molecule has 3 amide bonds. The highest BCUT2D eigenvalue weighted by Crippen LogP contribution is 2.52. The molecule has 4 atom stereocenters.